The van der Waals surface area contributed by atoms with Gasteiger partial charge in [0.2, 0.25) is 10.0 Å². The first-order valence-electron chi connectivity index (χ1n) is 9.02. The molecule has 0 aliphatic rings. The molecule has 0 unspecified atom stereocenters. The minimum absolute atomic E-state index is 0.0835. The van der Waals surface area contributed by atoms with Gasteiger partial charge >= 0.3 is 0 Å². The van der Waals surface area contributed by atoms with Gasteiger partial charge in [0, 0.05) is 0 Å². The molecule has 9 heteroatoms. The summed E-state index contributed by atoms with van der Waals surface area (Å²) in [5.41, 5.74) is 3.11. The van der Waals surface area contributed by atoms with E-state index in [2.05, 4.69) is 10.5 Å². The van der Waals surface area contributed by atoms with E-state index in [1.807, 2.05) is 0 Å². The summed E-state index contributed by atoms with van der Waals surface area (Å²) in [6.07, 6.45) is 2.90. The van der Waals surface area contributed by atoms with E-state index in [4.69, 9.17) is 9.15 Å². The maximum atomic E-state index is 13.0. The van der Waals surface area contributed by atoms with Crippen molar-refractivity contribution >= 4 is 22.1 Å². The van der Waals surface area contributed by atoms with E-state index in [0.717, 1.165) is 9.87 Å². The van der Waals surface area contributed by atoms with Gasteiger partial charge in [-0.3, -0.25) is 4.79 Å². The Bertz CT molecular complexity index is 1080. The summed E-state index contributed by atoms with van der Waals surface area (Å²) in [6.45, 7) is -0.502. The summed E-state index contributed by atoms with van der Waals surface area (Å²) in [5.74, 6) is 0.547. The van der Waals surface area contributed by atoms with Gasteiger partial charge in [-0.1, -0.05) is 18.2 Å². The molecule has 0 saturated carbocycles. The van der Waals surface area contributed by atoms with E-state index >= 15 is 0 Å². The zero-order valence-corrected chi connectivity index (χ0v) is 17.1. The van der Waals surface area contributed by atoms with Crippen LogP contribution in [0.1, 0.15) is 11.3 Å². The van der Waals surface area contributed by atoms with Crippen molar-refractivity contribution in [1.82, 2.24) is 9.73 Å². The number of amides is 1. The van der Waals surface area contributed by atoms with Gasteiger partial charge in [-0.25, -0.2) is 13.8 Å². The van der Waals surface area contributed by atoms with Gasteiger partial charge in [0.05, 0.1) is 37.6 Å². The molecule has 1 aromatic heterocycles. The van der Waals surface area contributed by atoms with Crippen molar-refractivity contribution in [1.29, 1.82) is 0 Å². The molecule has 3 rings (SSSR count). The lowest BCUT2D eigenvalue weighted by atomic mass is 10.2. The Morgan fingerprint density at radius 3 is 2.47 bits per heavy atom. The molecule has 30 heavy (non-hydrogen) atoms. The van der Waals surface area contributed by atoms with Crippen LogP contribution in [0, 0.1) is 0 Å². The number of methoxy groups -OCH3 is 1. The van der Waals surface area contributed by atoms with E-state index in [1.165, 1.54) is 24.6 Å². The predicted molar refractivity (Wildman–Crippen MR) is 111 cm³/mol. The molecular weight excluding hydrogens is 406 g/mol. The Kier molecular flexibility index (Phi) is 6.99. The smallest absolute Gasteiger partial charge is 0.255 e. The number of hydrogen-bond donors (Lipinski definition) is 1. The highest BCUT2D eigenvalue weighted by molar-refractivity contribution is 7.89. The highest BCUT2D eigenvalue weighted by Gasteiger charge is 2.27. The normalized spacial score (nSPS) is 11.7. The monoisotopic (exact) mass is 427 g/mol. The molecule has 0 bridgehead atoms. The summed E-state index contributed by atoms with van der Waals surface area (Å²) in [5, 5.41) is 3.89. The first kappa shape index (κ1) is 21.3. The van der Waals surface area contributed by atoms with Crippen LogP contribution in [-0.4, -0.2) is 38.5 Å². The average molecular weight is 427 g/mol. The summed E-state index contributed by atoms with van der Waals surface area (Å²) >= 11 is 0. The minimum atomic E-state index is -3.91. The summed E-state index contributed by atoms with van der Waals surface area (Å²) in [6, 6.07) is 18.3. The number of benzene rings is 2. The Morgan fingerprint density at radius 1 is 1.10 bits per heavy atom. The van der Waals surface area contributed by atoms with Crippen LogP contribution >= 0.6 is 0 Å². The molecule has 156 valence electrons. The van der Waals surface area contributed by atoms with Crippen LogP contribution in [0.5, 0.6) is 5.75 Å². The minimum Gasteiger partial charge on any atom is -0.497 e. The van der Waals surface area contributed by atoms with Crippen molar-refractivity contribution in [3.8, 4) is 5.75 Å². The number of sulfonamides is 1. The number of hydrogen-bond acceptors (Lipinski definition) is 6. The second kappa shape index (κ2) is 9.86. The van der Waals surface area contributed by atoms with Crippen molar-refractivity contribution in [3.63, 3.8) is 0 Å². The van der Waals surface area contributed by atoms with Gasteiger partial charge in [0.25, 0.3) is 5.91 Å². The second-order valence-corrected chi connectivity index (χ2v) is 8.17. The molecule has 0 fully saturated rings. The standard InChI is InChI=1S/C21H21N3O5S/c1-28-18-11-9-17(10-12-18)14-22-23-21(25)16-24(15-19-6-5-13-29-19)30(26,27)20-7-3-2-4-8-20/h2-14H,15-16H2,1H3,(H,23,25). The number of nitrogens with zero attached hydrogens (tertiary/aromatic N) is 2. The maximum absolute atomic E-state index is 13.0. The number of nitrogens with one attached hydrogen (secondary N) is 1. The number of carbonyl (C=O) groups excluding carboxylic acids is 1. The third-order valence-electron chi connectivity index (χ3n) is 4.13. The average Bonchev–Trinajstić information content (AvgIpc) is 3.27. The quantitative estimate of drug-likeness (QED) is 0.418. The van der Waals surface area contributed by atoms with Crippen molar-refractivity contribution < 1.29 is 22.4 Å². The van der Waals surface area contributed by atoms with Crippen LogP contribution < -0.4 is 10.2 Å². The number of ether oxygens (including phenoxy) is 1. The highest BCUT2D eigenvalue weighted by Crippen LogP contribution is 2.18. The van der Waals surface area contributed by atoms with E-state index in [1.54, 1.807) is 61.7 Å². The van der Waals surface area contributed by atoms with Crippen LogP contribution in [0.2, 0.25) is 0 Å². The molecule has 0 spiro atoms. The summed E-state index contributed by atoms with van der Waals surface area (Å²) in [4.78, 5) is 12.5. The van der Waals surface area contributed by atoms with Gasteiger partial charge in [-0.2, -0.15) is 9.41 Å². The summed E-state index contributed by atoms with van der Waals surface area (Å²) < 4.78 is 37.4. The largest absolute Gasteiger partial charge is 0.497 e. The topological polar surface area (TPSA) is 101 Å². The maximum Gasteiger partial charge on any atom is 0.255 e. The fourth-order valence-electron chi connectivity index (χ4n) is 2.61. The molecule has 0 aliphatic carbocycles. The van der Waals surface area contributed by atoms with E-state index in [0.29, 0.717) is 11.5 Å². The zero-order valence-electron chi connectivity index (χ0n) is 16.3. The van der Waals surface area contributed by atoms with Crippen molar-refractivity contribution in [2.45, 2.75) is 11.4 Å². The lowest BCUT2D eigenvalue weighted by molar-refractivity contribution is -0.121. The van der Waals surface area contributed by atoms with Crippen LogP contribution in [0.15, 0.2) is 87.4 Å². The molecule has 0 atom stereocenters. The van der Waals surface area contributed by atoms with Crippen LogP contribution in [0.3, 0.4) is 0 Å². The van der Waals surface area contributed by atoms with E-state index < -0.39 is 22.5 Å². The van der Waals surface area contributed by atoms with Crippen molar-refractivity contribution in [3.05, 3.63) is 84.3 Å². The van der Waals surface area contributed by atoms with Crippen LogP contribution in [0.4, 0.5) is 0 Å². The second-order valence-electron chi connectivity index (χ2n) is 6.23. The molecule has 1 amide bonds. The Labute approximate surface area is 174 Å². The fourth-order valence-corrected chi connectivity index (χ4v) is 3.99. The van der Waals surface area contributed by atoms with E-state index in [9.17, 15) is 13.2 Å². The first-order valence-corrected chi connectivity index (χ1v) is 10.5. The Hall–Kier alpha value is -3.43. The van der Waals surface area contributed by atoms with Crippen molar-refractivity contribution in [2.75, 3.05) is 13.7 Å². The molecule has 3 aromatic rings. The number of rotatable bonds is 9. The van der Waals surface area contributed by atoms with Crippen LogP contribution in [-0.2, 0) is 21.4 Å². The Morgan fingerprint density at radius 2 is 1.83 bits per heavy atom. The lowest BCUT2D eigenvalue weighted by Gasteiger charge is -2.20. The van der Waals surface area contributed by atoms with Gasteiger partial charge < -0.3 is 9.15 Å². The van der Waals surface area contributed by atoms with Gasteiger partial charge in [0.1, 0.15) is 11.5 Å². The third kappa shape index (κ3) is 5.56. The first-order chi connectivity index (χ1) is 14.5. The SMILES string of the molecule is COc1ccc(C=NNC(=O)CN(Cc2ccco2)S(=O)(=O)c2ccccc2)cc1. The molecule has 1 N–H and O–H groups in total. The highest BCUT2D eigenvalue weighted by atomic mass is 32.2. The van der Waals surface area contributed by atoms with E-state index in [-0.39, 0.29) is 11.4 Å². The van der Waals surface area contributed by atoms with Crippen molar-refractivity contribution in [2.24, 2.45) is 5.10 Å². The molecule has 8 nitrogen and oxygen atoms in total. The van der Waals surface area contributed by atoms with Gasteiger partial charge in [-0.15, -0.1) is 0 Å². The molecule has 0 saturated heterocycles. The lowest BCUT2D eigenvalue weighted by Crippen LogP contribution is -2.38. The number of hydrazone groups is 1. The fraction of sp³-hybridized carbons (Fsp3) is 0.143. The summed E-state index contributed by atoms with van der Waals surface area (Å²) in [7, 11) is -2.34. The molecular formula is C21H21N3O5S. The molecule has 1 heterocycles. The molecule has 2 aromatic carbocycles. The number of furan rings is 1. The molecule has 0 radical (unpaired) electrons. The Balaban J connectivity index is 1.70. The number of carbonyl (C=O) groups is 1. The van der Waals surface area contributed by atoms with Crippen LogP contribution in [0.25, 0.3) is 0 Å². The van der Waals surface area contributed by atoms with Gasteiger partial charge in [0.15, 0.2) is 0 Å². The zero-order chi connectivity index (χ0) is 21.4. The predicted octanol–water partition coefficient (Wildman–Crippen LogP) is 2.63. The molecule has 0 aliphatic heterocycles. The van der Waals surface area contributed by atoms with Gasteiger partial charge in [-0.05, 0) is 54.1 Å². The third-order valence-corrected chi connectivity index (χ3v) is 5.94.